The molecular weight excluding hydrogens is 401 g/mol. The second kappa shape index (κ2) is 8.69. The van der Waals surface area contributed by atoms with E-state index in [1.807, 2.05) is 34.5 Å². The number of halogens is 3. The van der Waals surface area contributed by atoms with Crippen molar-refractivity contribution in [1.82, 2.24) is 15.2 Å². The van der Waals surface area contributed by atoms with Crippen molar-refractivity contribution >= 4 is 53.7 Å². The minimum absolute atomic E-state index is 0. The first-order valence-electron chi connectivity index (χ1n) is 7.88. The van der Waals surface area contributed by atoms with Crippen LogP contribution in [-0.4, -0.2) is 42.0 Å². The number of thiazole rings is 1. The van der Waals surface area contributed by atoms with Gasteiger partial charge in [-0.3, -0.25) is 4.79 Å². The molecule has 1 aromatic heterocycles. The zero-order chi connectivity index (χ0) is 15.8. The van der Waals surface area contributed by atoms with Crippen molar-refractivity contribution in [2.24, 2.45) is 11.8 Å². The first kappa shape index (κ1) is 20.5. The standard InChI is InChI=1S/C17H18ClN3OS.2ClH/c18-15-4-2-1-3-14(15)17-20-13(10-23-17)5-16(22)21-8-11-6-19-7-12(11)9-21;;/h1-4,10-12,19H,5-9H2;2*1H/t11-,12+;;. The van der Waals surface area contributed by atoms with Crippen LogP contribution in [0, 0.1) is 11.8 Å². The monoisotopic (exact) mass is 419 g/mol. The van der Waals surface area contributed by atoms with Crippen molar-refractivity contribution in [2.75, 3.05) is 26.2 Å². The number of amides is 1. The predicted molar refractivity (Wildman–Crippen MR) is 107 cm³/mol. The molecule has 0 saturated carbocycles. The zero-order valence-corrected chi connectivity index (χ0v) is 16.7. The molecule has 4 rings (SSSR count). The van der Waals surface area contributed by atoms with Gasteiger partial charge in [0.15, 0.2) is 0 Å². The second-order valence-corrected chi connectivity index (χ2v) is 7.54. The number of carbonyl (C=O) groups excluding carboxylic acids is 1. The number of aromatic nitrogens is 1. The summed E-state index contributed by atoms with van der Waals surface area (Å²) in [4.78, 5) is 19.1. The number of fused-ring (bicyclic) bond motifs is 1. The van der Waals surface area contributed by atoms with Crippen LogP contribution in [0.25, 0.3) is 10.6 Å². The van der Waals surface area contributed by atoms with E-state index in [2.05, 4.69) is 10.3 Å². The molecule has 136 valence electrons. The number of rotatable bonds is 3. The van der Waals surface area contributed by atoms with Gasteiger partial charge in [0.2, 0.25) is 5.91 Å². The van der Waals surface area contributed by atoms with Crippen molar-refractivity contribution in [2.45, 2.75) is 6.42 Å². The first-order valence-corrected chi connectivity index (χ1v) is 9.14. The largest absolute Gasteiger partial charge is 0.342 e. The summed E-state index contributed by atoms with van der Waals surface area (Å²) in [6, 6.07) is 7.68. The molecule has 1 N–H and O–H groups in total. The molecule has 4 nitrogen and oxygen atoms in total. The second-order valence-electron chi connectivity index (χ2n) is 6.28. The Kier molecular flexibility index (Phi) is 7.11. The highest BCUT2D eigenvalue weighted by Gasteiger charge is 2.37. The Morgan fingerprint density at radius 3 is 2.60 bits per heavy atom. The quantitative estimate of drug-likeness (QED) is 0.826. The molecule has 2 saturated heterocycles. The molecule has 2 fully saturated rings. The van der Waals surface area contributed by atoms with Gasteiger partial charge in [-0.2, -0.15) is 0 Å². The zero-order valence-electron chi connectivity index (χ0n) is 13.5. The van der Waals surface area contributed by atoms with E-state index in [0.717, 1.165) is 42.4 Å². The average Bonchev–Trinajstić information content (AvgIpc) is 3.22. The lowest BCUT2D eigenvalue weighted by molar-refractivity contribution is -0.129. The summed E-state index contributed by atoms with van der Waals surface area (Å²) in [5.41, 5.74) is 1.77. The van der Waals surface area contributed by atoms with E-state index in [0.29, 0.717) is 23.3 Å². The van der Waals surface area contributed by atoms with Gasteiger partial charge in [-0.25, -0.2) is 4.98 Å². The fraction of sp³-hybridized carbons (Fsp3) is 0.412. The molecule has 1 amide bonds. The molecule has 8 heteroatoms. The fourth-order valence-corrected chi connectivity index (χ4v) is 4.61. The summed E-state index contributed by atoms with van der Waals surface area (Å²) >= 11 is 7.76. The molecule has 0 spiro atoms. The lowest BCUT2D eigenvalue weighted by Gasteiger charge is -2.16. The van der Waals surface area contributed by atoms with Crippen LogP contribution in [-0.2, 0) is 11.2 Å². The van der Waals surface area contributed by atoms with E-state index in [4.69, 9.17) is 11.6 Å². The Morgan fingerprint density at radius 2 is 1.92 bits per heavy atom. The number of carbonyl (C=O) groups is 1. The van der Waals surface area contributed by atoms with E-state index >= 15 is 0 Å². The fourth-order valence-electron chi connectivity index (χ4n) is 3.47. The Labute approximate surface area is 168 Å². The lowest BCUT2D eigenvalue weighted by Crippen LogP contribution is -2.33. The highest BCUT2D eigenvalue weighted by molar-refractivity contribution is 7.13. The minimum atomic E-state index is 0. The van der Waals surface area contributed by atoms with Crippen LogP contribution in [0.1, 0.15) is 5.69 Å². The summed E-state index contributed by atoms with van der Waals surface area (Å²) in [7, 11) is 0. The summed E-state index contributed by atoms with van der Waals surface area (Å²) in [6.45, 7) is 3.86. The van der Waals surface area contributed by atoms with Gasteiger partial charge in [0.05, 0.1) is 17.1 Å². The van der Waals surface area contributed by atoms with Crippen LogP contribution in [0.5, 0.6) is 0 Å². The third-order valence-electron chi connectivity index (χ3n) is 4.73. The summed E-state index contributed by atoms with van der Waals surface area (Å²) in [5, 5.41) is 6.94. The maximum atomic E-state index is 12.5. The molecule has 2 atom stereocenters. The van der Waals surface area contributed by atoms with Gasteiger partial charge >= 0.3 is 0 Å². The smallest absolute Gasteiger partial charge is 0.228 e. The van der Waals surface area contributed by atoms with E-state index in [-0.39, 0.29) is 30.7 Å². The number of nitrogens with one attached hydrogen (secondary N) is 1. The Balaban J connectivity index is 0.00000113. The molecule has 2 aromatic rings. The van der Waals surface area contributed by atoms with Gasteiger partial charge in [0.25, 0.3) is 0 Å². The van der Waals surface area contributed by atoms with Crippen LogP contribution in [0.2, 0.25) is 5.02 Å². The third kappa shape index (κ3) is 4.29. The summed E-state index contributed by atoms with van der Waals surface area (Å²) < 4.78 is 0. The molecular formula is C17H20Cl3N3OS. The van der Waals surface area contributed by atoms with Crippen LogP contribution in [0.3, 0.4) is 0 Å². The number of likely N-dealkylation sites (tertiary alicyclic amines) is 1. The molecule has 2 aliphatic heterocycles. The number of hydrogen-bond donors (Lipinski definition) is 1. The van der Waals surface area contributed by atoms with E-state index in [1.165, 1.54) is 0 Å². The van der Waals surface area contributed by atoms with Gasteiger partial charge in [-0.15, -0.1) is 36.2 Å². The Hall–Kier alpha value is -0.850. The molecule has 0 unspecified atom stereocenters. The maximum Gasteiger partial charge on any atom is 0.228 e. The van der Waals surface area contributed by atoms with Crippen molar-refractivity contribution in [1.29, 1.82) is 0 Å². The topological polar surface area (TPSA) is 45.2 Å². The van der Waals surface area contributed by atoms with Crippen molar-refractivity contribution in [3.8, 4) is 10.6 Å². The summed E-state index contributed by atoms with van der Waals surface area (Å²) in [6.07, 6.45) is 0.383. The molecule has 1 aromatic carbocycles. The van der Waals surface area contributed by atoms with Crippen LogP contribution in [0.4, 0.5) is 0 Å². The lowest BCUT2D eigenvalue weighted by atomic mass is 10.0. The van der Waals surface area contributed by atoms with Crippen LogP contribution >= 0.6 is 47.8 Å². The van der Waals surface area contributed by atoms with Gasteiger partial charge in [-0.05, 0) is 17.9 Å². The SMILES string of the molecule is Cl.Cl.O=C(Cc1csc(-c2ccccc2Cl)n1)N1C[C@H]2CNC[C@H]2C1. The highest BCUT2D eigenvalue weighted by Crippen LogP contribution is 2.31. The van der Waals surface area contributed by atoms with E-state index in [9.17, 15) is 4.79 Å². The number of nitrogens with zero attached hydrogens (tertiary/aromatic N) is 2. The third-order valence-corrected chi connectivity index (χ3v) is 5.98. The van der Waals surface area contributed by atoms with Crippen molar-refractivity contribution < 1.29 is 4.79 Å². The van der Waals surface area contributed by atoms with Crippen LogP contribution < -0.4 is 5.32 Å². The van der Waals surface area contributed by atoms with Crippen molar-refractivity contribution in [3.05, 3.63) is 40.4 Å². The van der Waals surface area contributed by atoms with Gasteiger partial charge < -0.3 is 10.2 Å². The first-order chi connectivity index (χ1) is 11.2. The highest BCUT2D eigenvalue weighted by atomic mass is 35.5. The van der Waals surface area contributed by atoms with Gasteiger partial charge in [0.1, 0.15) is 5.01 Å². The van der Waals surface area contributed by atoms with Gasteiger partial charge in [0, 0.05) is 37.1 Å². The molecule has 25 heavy (non-hydrogen) atoms. The predicted octanol–water partition coefficient (Wildman–Crippen LogP) is 3.53. The minimum Gasteiger partial charge on any atom is -0.342 e. The molecule has 3 heterocycles. The maximum absolute atomic E-state index is 12.5. The number of benzene rings is 1. The Morgan fingerprint density at radius 1 is 1.24 bits per heavy atom. The van der Waals surface area contributed by atoms with Gasteiger partial charge in [-0.1, -0.05) is 29.8 Å². The normalized spacial score (nSPS) is 21.4. The molecule has 2 aliphatic rings. The number of hydrogen-bond acceptors (Lipinski definition) is 4. The van der Waals surface area contributed by atoms with E-state index in [1.54, 1.807) is 11.3 Å². The van der Waals surface area contributed by atoms with E-state index < -0.39 is 0 Å². The van der Waals surface area contributed by atoms with Crippen molar-refractivity contribution in [3.63, 3.8) is 0 Å². The van der Waals surface area contributed by atoms with Crippen LogP contribution in [0.15, 0.2) is 29.6 Å². The average molecular weight is 421 g/mol. The summed E-state index contributed by atoms with van der Waals surface area (Å²) in [5.74, 6) is 1.46. The molecule has 0 radical (unpaired) electrons. The molecule has 0 aliphatic carbocycles. The molecule has 0 bridgehead atoms. The Bertz CT molecular complexity index is 727.